The molecule has 0 fully saturated rings. The molecule has 0 bridgehead atoms. The van der Waals surface area contributed by atoms with Gasteiger partial charge in [-0.25, -0.2) is 0 Å². The minimum absolute atomic E-state index is 0.156. The molecule has 0 spiro atoms. The van der Waals surface area contributed by atoms with E-state index < -0.39 is 0 Å². The summed E-state index contributed by atoms with van der Waals surface area (Å²) >= 11 is 0. The standard InChI is InChI=1S/C26H29N3O3/c1-3-4-7-16-29-25(31)23(20-12-14-21(15-13-20)27-18(2)30)24(26(29)32)28-17-8-10-19-9-5-6-11-22(19)28/h5-6,9,11-15H,3-4,7-8,10,16-17H2,1-2H3,(H,27,30). The Balaban J connectivity index is 1.77. The van der Waals surface area contributed by atoms with Gasteiger partial charge in [-0.1, -0.05) is 50.1 Å². The summed E-state index contributed by atoms with van der Waals surface area (Å²) in [6.45, 7) is 4.68. The van der Waals surface area contributed by atoms with E-state index in [0.29, 0.717) is 35.6 Å². The Hall–Kier alpha value is -3.41. The number of carbonyl (C=O) groups excluding carboxylic acids is 3. The van der Waals surface area contributed by atoms with Gasteiger partial charge in [-0.2, -0.15) is 0 Å². The third-order valence-corrected chi connectivity index (χ3v) is 6.00. The molecule has 2 aromatic rings. The van der Waals surface area contributed by atoms with Gasteiger partial charge in [0.2, 0.25) is 5.91 Å². The highest BCUT2D eigenvalue weighted by atomic mass is 16.2. The average molecular weight is 432 g/mol. The van der Waals surface area contributed by atoms with E-state index in [1.54, 1.807) is 24.3 Å². The van der Waals surface area contributed by atoms with Crippen molar-refractivity contribution in [1.29, 1.82) is 0 Å². The molecule has 0 saturated carbocycles. The summed E-state index contributed by atoms with van der Waals surface area (Å²) in [5.41, 5.74) is 4.44. The number of hydrogen-bond donors (Lipinski definition) is 1. The number of anilines is 2. The summed E-state index contributed by atoms with van der Waals surface area (Å²) in [4.78, 5) is 41.8. The first kappa shape index (κ1) is 21.8. The van der Waals surface area contributed by atoms with E-state index in [2.05, 4.69) is 18.3 Å². The largest absolute Gasteiger partial charge is 0.336 e. The molecule has 2 heterocycles. The van der Waals surface area contributed by atoms with E-state index in [-0.39, 0.29) is 17.7 Å². The number of rotatable bonds is 7. The fraction of sp³-hybridized carbons (Fsp3) is 0.346. The van der Waals surface area contributed by atoms with Crippen LogP contribution in [-0.2, 0) is 20.8 Å². The SMILES string of the molecule is CCCCCN1C(=O)C(c2ccc(NC(C)=O)cc2)=C(N2CCCc3ccccc32)C1=O. The molecule has 1 N–H and O–H groups in total. The average Bonchev–Trinajstić information content (AvgIpc) is 3.03. The second-order valence-corrected chi connectivity index (χ2v) is 8.34. The second-order valence-electron chi connectivity index (χ2n) is 8.34. The van der Waals surface area contributed by atoms with Crippen molar-refractivity contribution in [3.63, 3.8) is 0 Å². The topological polar surface area (TPSA) is 69.7 Å². The Morgan fingerprint density at radius 1 is 1.00 bits per heavy atom. The van der Waals surface area contributed by atoms with Crippen LogP contribution in [0.2, 0.25) is 0 Å². The fourth-order valence-corrected chi connectivity index (χ4v) is 4.49. The summed E-state index contributed by atoms with van der Waals surface area (Å²) < 4.78 is 0. The summed E-state index contributed by atoms with van der Waals surface area (Å²) in [5, 5.41) is 2.75. The first-order chi connectivity index (χ1) is 15.5. The maximum Gasteiger partial charge on any atom is 0.278 e. The molecule has 2 aliphatic heterocycles. The van der Waals surface area contributed by atoms with Crippen molar-refractivity contribution in [2.75, 3.05) is 23.3 Å². The lowest BCUT2D eigenvalue weighted by Gasteiger charge is -2.32. The quantitative estimate of drug-likeness (QED) is 0.522. The molecule has 0 aliphatic carbocycles. The first-order valence-corrected chi connectivity index (χ1v) is 11.3. The van der Waals surface area contributed by atoms with Gasteiger partial charge in [0, 0.05) is 31.4 Å². The number of nitrogens with one attached hydrogen (secondary N) is 1. The predicted molar refractivity (Wildman–Crippen MR) is 126 cm³/mol. The van der Waals surface area contributed by atoms with E-state index in [4.69, 9.17) is 0 Å². The number of hydrogen-bond acceptors (Lipinski definition) is 4. The molecule has 0 atom stereocenters. The van der Waals surface area contributed by atoms with Crippen LogP contribution in [0.25, 0.3) is 5.57 Å². The van der Waals surface area contributed by atoms with Gasteiger partial charge in [0.15, 0.2) is 0 Å². The minimum atomic E-state index is -0.239. The van der Waals surface area contributed by atoms with Gasteiger partial charge in [-0.3, -0.25) is 19.3 Å². The number of benzene rings is 2. The predicted octanol–water partition coefficient (Wildman–Crippen LogP) is 4.37. The molecule has 0 saturated heterocycles. The molecule has 4 rings (SSSR count). The lowest BCUT2D eigenvalue weighted by molar-refractivity contribution is -0.137. The van der Waals surface area contributed by atoms with Crippen LogP contribution < -0.4 is 10.2 Å². The highest BCUT2D eigenvalue weighted by Crippen LogP contribution is 2.38. The molecule has 166 valence electrons. The molecule has 0 aromatic heterocycles. The number of amides is 3. The van der Waals surface area contributed by atoms with Crippen LogP contribution in [-0.4, -0.2) is 35.7 Å². The van der Waals surface area contributed by atoms with Crippen LogP contribution in [0.1, 0.15) is 50.7 Å². The molecule has 2 aliphatic rings. The van der Waals surface area contributed by atoms with Gasteiger partial charge in [0.05, 0.1) is 5.57 Å². The van der Waals surface area contributed by atoms with E-state index >= 15 is 0 Å². The summed E-state index contributed by atoms with van der Waals surface area (Å²) in [6, 6.07) is 15.2. The number of imide groups is 1. The van der Waals surface area contributed by atoms with Crippen LogP contribution in [0.3, 0.4) is 0 Å². The molecule has 0 radical (unpaired) electrons. The maximum atomic E-state index is 13.6. The third-order valence-electron chi connectivity index (χ3n) is 6.00. The van der Waals surface area contributed by atoms with Crippen molar-refractivity contribution in [3.05, 3.63) is 65.4 Å². The maximum absolute atomic E-state index is 13.6. The van der Waals surface area contributed by atoms with Crippen LogP contribution in [0.4, 0.5) is 11.4 Å². The Labute approximate surface area is 188 Å². The Morgan fingerprint density at radius 3 is 2.47 bits per heavy atom. The van der Waals surface area contributed by atoms with Gasteiger partial charge in [-0.05, 0) is 48.6 Å². The lowest BCUT2D eigenvalue weighted by Crippen LogP contribution is -2.37. The van der Waals surface area contributed by atoms with Gasteiger partial charge in [0.1, 0.15) is 5.70 Å². The minimum Gasteiger partial charge on any atom is -0.336 e. The number of carbonyl (C=O) groups is 3. The normalized spacial score (nSPS) is 15.9. The van der Waals surface area contributed by atoms with Gasteiger partial charge >= 0.3 is 0 Å². The molecule has 32 heavy (non-hydrogen) atoms. The smallest absolute Gasteiger partial charge is 0.278 e. The molecular formula is C26H29N3O3. The first-order valence-electron chi connectivity index (χ1n) is 11.3. The van der Waals surface area contributed by atoms with Gasteiger partial charge in [0.25, 0.3) is 11.8 Å². The zero-order valence-corrected chi connectivity index (χ0v) is 18.7. The summed E-state index contributed by atoms with van der Waals surface area (Å²) in [5.74, 6) is -0.614. The van der Waals surface area contributed by atoms with Crippen LogP contribution in [0.5, 0.6) is 0 Å². The number of aryl methyl sites for hydroxylation is 1. The monoisotopic (exact) mass is 431 g/mol. The van der Waals surface area contributed by atoms with E-state index in [1.807, 2.05) is 23.1 Å². The number of para-hydroxylation sites is 1. The Kier molecular flexibility index (Phi) is 6.40. The highest BCUT2D eigenvalue weighted by Gasteiger charge is 2.42. The molecule has 6 heteroatoms. The van der Waals surface area contributed by atoms with Crippen LogP contribution in [0, 0.1) is 0 Å². The van der Waals surface area contributed by atoms with E-state index in [1.165, 1.54) is 17.4 Å². The zero-order chi connectivity index (χ0) is 22.7. The number of unbranched alkanes of at least 4 members (excludes halogenated alkanes) is 2. The molecular weight excluding hydrogens is 402 g/mol. The second kappa shape index (κ2) is 9.39. The zero-order valence-electron chi connectivity index (χ0n) is 18.7. The van der Waals surface area contributed by atoms with Gasteiger partial charge in [-0.15, -0.1) is 0 Å². The fourth-order valence-electron chi connectivity index (χ4n) is 4.49. The number of nitrogens with zero attached hydrogens (tertiary/aromatic N) is 2. The Morgan fingerprint density at radius 2 is 1.75 bits per heavy atom. The summed E-state index contributed by atoms with van der Waals surface area (Å²) in [6.07, 6.45) is 4.68. The summed E-state index contributed by atoms with van der Waals surface area (Å²) in [7, 11) is 0. The number of fused-ring (bicyclic) bond motifs is 1. The third kappa shape index (κ3) is 4.17. The molecule has 6 nitrogen and oxygen atoms in total. The molecule has 2 aromatic carbocycles. The van der Waals surface area contributed by atoms with Crippen molar-refractivity contribution in [1.82, 2.24) is 4.90 Å². The molecule has 0 unspecified atom stereocenters. The van der Waals surface area contributed by atoms with Crippen molar-refractivity contribution in [2.45, 2.75) is 46.0 Å². The Bertz CT molecular complexity index is 1070. The van der Waals surface area contributed by atoms with Crippen LogP contribution >= 0.6 is 0 Å². The lowest BCUT2D eigenvalue weighted by atomic mass is 9.98. The van der Waals surface area contributed by atoms with E-state index in [0.717, 1.165) is 37.8 Å². The molecule has 3 amide bonds. The van der Waals surface area contributed by atoms with Crippen LogP contribution in [0.15, 0.2) is 54.2 Å². The van der Waals surface area contributed by atoms with Crippen molar-refractivity contribution >= 4 is 34.7 Å². The highest BCUT2D eigenvalue weighted by molar-refractivity contribution is 6.36. The van der Waals surface area contributed by atoms with Crippen molar-refractivity contribution in [3.8, 4) is 0 Å². The van der Waals surface area contributed by atoms with Crippen molar-refractivity contribution in [2.24, 2.45) is 0 Å². The van der Waals surface area contributed by atoms with Crippen molar-refractivity contribution < 1.29 is 14.4 Å². The van der Waals surface area contributed by atoms with E-state index in [9.17, 15) is 14.4 Å². The van der Waals surface area contributed by atoms with Gasteiger partial charge < -0.3 is 10.2 Å².